The summed E-state index contributed by atoms with van der Waals surface area (Å²) in [5.41, 5.74) is 0.976. The summed E-state index contributed by atoms with van der Waals surface area (Å²) in [5.74, 6) is 0.795. The Morgan fingerprint density at radius 3 is 2.72 bits per heavy atom. The number of para-hydroxylation sites is 1. The lowest BCUT2D eigenvalue weighted by Gasteiger charge is -2.10. The third-order valence-electron chi connectivity index (χ3n) is 2.70. The molecule has 0 heterocycles. The van der Waals surface area contributed by atoms with Crippen LogP contribution in [0.5, 0.6) is 5.75 Å². The monoisotopic (exact) mass is 250 g/mol. The van der Waals surface area contributed by atoms with E-state index < -0.39 is 0 Å². The maximum atomic E-state index is 11.5. The molecule has 0 radical (unpaired) electrons. The fourth-order valence-electron chi connectivity index (χ4n) is 1.66. The van der Waals surface area contributed by atoms with E-state index in [1.54, 1.807) is 7.11 Å². The van der Waals surface area contributed by atoms with Crippen LogP contribution in [0.15, 0.2) is 24.3 Å². The van der Waals surface area contributed by atoms with Gasteiger partial charge in [-0.3, -0.25) is 0 Å². The summed E-state index contributed by atoms with van der Waals surface area (Å²) in [6.07, 6.45) is 3.33. The molecule has 0 saturated carbocycles. The molecule has 0 aliphatic carbocycles. The minimum absolute atomic E-state index is 0.128. The lowest BCUT2D eigenvalue weighted by atomic mass is 10.2. The number of hydrogen-bond donors (Lipinski definition) is 2. The van der Waals surface area contributed by atoms with Gasteiger partial charge in [0.05, 0.1) is 7.11 Å². The second-order valence-corrected chi connectivity index (χ2v) is 4.13. The molecule has 0 atom stereocenters. The topological polar surface area (TPSA) is 50.4 Å². The number of rotatable bonds is 7. The number of carbonyl (C=O) groups excluding carboxylic acids is 1. The quantitative estimate of drug-likeness (QED) is 0.731. The number of benzene rings is 1. The first-order chi connectivity index (χ1) is 8.77. The van der Waals surface area contributed by atoms with Gasteiger partial charge >= 0.3 is 6.03 Å². The number of nitrogens with one attached hydrogen (secondary N) is 2. The molecule has 0 unspecified atom stereocenters. The Bertz CT molecular complexity index is 367. The average molecular weight is 250 g/mol. The van der Waals surface area contributed by atoms with Crippen LogP contribution in [0.3, 0.4) is 0 Å². The molecule has 1 aromatic carbocycles. The van der Waals surface area contributed by atoms with Crippen molar-refractivity contribution in [1.29, 1.82) is 0 Å². The largest absolute Gasteiger partial charge is 0.496 e. The molecule has 0 fully saturated rings. The fraction of sp³-hybridized carbons (Fsp3) is 0.500. The summed E-state index contributed by atoms with van der Waals surface area (Å²) < 4.78 is 5.22. The van der Waals surface area contributed by atoms with Gasteiger partial charge in [0.1, 0.15) is 5.75 Å². The number of hydrogen-bond acceptors (Lipinski definition) is 2. The second-order valence-electron chi connectivity index (χ2n) is 4.13. The van der Waals surface area contributed by atoms with Crippen molar-refractivity contribution in [2.75, 3.05) is 13.7 Å². The molecular formula is C14H22N2O2. The third kappa shape index (κ3) is 5.08. The Morgan fingerprint density at radius 2 is 2.00 bits per heavy atom. The Kier molecular flexibility index (Phi) is 6.69. The van der Waals surface area contributed by atoms with Gasteiger partial charge in [-0.15, -0.1) is 0 Å². The Morgan fingerprint density at radius 1 is 1.22 bits per heavy atom. The van der Waals surface area contributed by atoms with Gasteiger partial charge in [-0.2, -0.15) is 0 Å². The van der Waals surface area contributed by atoms with Gasteiger partial charge in [0.15, 0.2) is 0 Å². The Labute approximate surface area is 109 Å². The maximum absolute atomic E-state index is 11.5. The van der Waals surface area contributed by atoms with Crippen molar-refractivity contribution in [3.8, 4) is 5.75 Å². The van der Waals surface area contributed by atoms with Gasteiger partial charge in [-0.1, -0.05) is 38.0 Å². The molecule has 100 valence electrons. The summed E-state index contributed by atoms with van der Waals surface area (Å²) in [4.78, 5) is 11.5. The van der Waals surface area contributed by atoms with Crippen LogP contribution < -0.4 is 15.4 Å². The van der Waals surface area contributed by atoms with Gasteiger partial charge in [-0.05, 0) is 12.5 Å². The van der Waals surface area contributed by atoms with E-state index in [4.69, 9.17) is 4.74 Å². The van der Waals surface area contributed by atoms with E-state index in [9.17, 15) is 4.79 Å². The molecule has 0 saturated heterocycles. The van der Waals surface area contributed by atoms with Crippen LogP contribution in [0.4, 0.5) is 4.79 Å². The van der Waals surface area contributed by atoms with Crippen molar-refractivity contribution < 1.29 is 9.53 Å². The summed E-state index contributed by atoms with van der Waals surface area (Å²) in [7, 11) is 1.63. The molecule has 2 amide bonds. The minimum Gasteiger partial charge on any atom is -0.496 e. The zero-order chi connectivity index (χ0) is 13.2. The molecule has 0 aromatic heterocycles. The number of amides is 2. The standard InChI is InChI=1S/C14H22N2O2/c1-3-4-7-10-15-14(17)16-11-12-8-5-6-9-13(12)18-2/h5-6,8-9H,3-4,7,10-11H2,1-2H3,(H2,15,16,17). The van der Waals surface area contributed by atoms with E-state index in [2.05, 4.69) is 17.6 Å². The molecule has 0 spiro atoms. The molecule has 0 aliphatic rings. The summed E-state index contributed by atoms with van der Waals surface area (Å²) in [6, 6.07) is 7.54. The van der Waals surface area contributed by atoms with Crippen LogP contribution in [-0.2, 0) is 6.54 Å². The van der Waals surface area contributed by atoms with Crippen LogP contribution in [-0.4, -0.2) is 19.7 Å². The van der Waals surface area contributed by atoms with Gasteiger partial charge < -0.3 is 15.4 Å². The number of carbonyl (C=O) groups is 1. The number of methoxy groups -OCH3 is 1. The SMILES string of the molecule is CCCCCNC(=O)NCc1ccccc1OC. The Balaban J connectivity index is 2.29. The van der Waals surface area contributed by atoms with E-state index in [0.29, 0.717) is 6.54 Å². The normalized spacial score (nSPS) is 9.89. The van der Waals surface area contributed by atoms with Gasteiger partial charge in [0, 0.05) is 18.7 Å². The average Bonchev–Trinajstić information content (AvgIpc) is 2.41. The predicted molar refractivity (Wildman–Crippen MR) is 72.8 cm³/mol. The molecule has 0 bridgehead atoms. The first-order valence-corrected chi connectivity index (χ1v) is 6.41. The maximum Gasteiger partial charge on any atom is 0.315 e. The molecule has 18 heavy (non-hydrogen) atoms. The molecule has 0 aliphatic heterocycles. The highest BCUT2D eigenvalue weighted by molar-refractivity contribution is 5.73. The van der Waals surface area contributed by atoms with E-state index in [-0.39, 0.29) is 6.03 Å². The number of unbranched alkanes of at least 4 members (excludes halogenated alkanes) is 2. The van der Waals surface area contributed by atoms with E-state index in [1.165, 1.54) is 0 Å². The molecule has 2 N–H and O–H groups in total. The third-order valence-corrected chi connectivity index (χ3v) is 2.70. The van der Waals surface area contributed by atoms with E-state index in [0.717, 1.165) is 37.1 Å². The van der Waals surface area contributed by atoms with Crippen molar-refractivity contribution in [3.63, 3.8) is 0 Å². The van der Waals surface area contributed by atoms with Crippen LogP contribution >= 0.6 is 0 Å². The summed E-state index contributed by atoms with van der Waals surface area (Å²) >= 11 is 0. The molecule has 1 rings (SSSR count). The van der Waals surface area contributed by atoms with E-state index >= 15 is 0 Å². The fourth-order valence-corrected chi connectivity index (χ4v) is 1.66. The number of urea groups is 1. The van der Waals surface area contributed by atoms with Crippen LogP contribution in [0.2, 0.25) is 0 Å². The van der Waals surface area contributed by atoms with Gasteiger partial charge in [-0.25, -0.2) is 4.79 Å². The molecule has 1 aromatic rings. The second kappa shape index (κ2) is 8.39. The minimum atomic E-state index is -0.128. The lowest BCUT2D eigenvalue weighted by molar-refractivity contribution is 0.240. The zero-order valence-electron chi connectivity index (χ0n) is 11.2. The van der Waals surface area contributed by atoms with Crippen molar-refractivity contribution >= 4 is 6.03 Å². The van der Waals surface area contributed by atoms with Gasteiger partial charge in [0.25, 0.3) is 0 Å². The zero-order valence-corrected chi connectivity index (χ0v) is 11.2. The molecule has 4 heteroatoms. The highest BCUT2D eigenvalue weighted by Crippen LogP contribution is 2.16. The van der Waals surface area contributed by atoms with Crippen LogP contribution in [0, 0.1) is 0 Å². The first kappa shape index (κ1) is 14.4. The number of ether oxygens (including phenoxy) is 1. The van der Waals surface area contributed by atoms with Crippen molar-refractivity contribution in [2.24, 2.45) is 0 Å². The summed E-state index contributed by atoms with van der Waals surface area (Å²) in [6.45, 7) is 3.34. The lowest BCUT2D eigenvalue weighted by Crippen LogP contribution is -2.35. The van der Waals surface area contributed by atoms with Crippen LogP contribution in [0.1, 0.15) is 31.7 Å². The predicted octanol–water partition coefficient (Wildman–Crippen LogP) is 2.68. The Hall–Kier alpha value is -1.71. The van der Waals surface area contributed by atoms with Crippen molar-refractivity contribution in [3.05, 3.63) is 29.8 Å². The smallest absolute Gasteiger partial charge is 0.315 e. The van der Waals surface area contributed by atoms with Crippen molar-refractivity contribution in [2.45, 2.75) is 32.7 Å². The van der Waals surface area contributed by atoms with Crippen LogP contribution in [0.25, 0.3) is 0 Å². The summed E-state index contributed by atoms with van der Waals surface area (Å²) in [5, 5.41) is 5.65. The van der Waals surface area contributed by atoms with E-state index in [1.807, 2.05) is 24.3 Å². The highest BCUT2D eigenvalue weighted by atomic mass is 16.5. The van der Waals surface area contributed by atoms with Gasteiger partial charge in [0.2, 0.25) is 0 Å². The molecule has 4 nitrogen and oxygen atoms in total. The first-order valence-electron chi connectivity index (χ1n) is 6.41. The highest BCUT2D eigenvalue weighted by Gasteiger charge is 2.03. The molecular weight excluding hydrogens is 228 g/mol. The van der Waals surface area contributed by atoms with Crippen molar-refractivity contribution in [1.82, 2.24) is 10.6 Å².